The van der Waals surface area contributed by atoms with Gasteiger partial charge in [0, 0.05) is 11.8 Å². The van der Waals surface area contributed by atoms with Gasteiger partial charge in [0.05, 0.1) is 0 Å². The number of allylic oxidation sites excluding steroid dienone is 1. The summed E-state index contributed by atoms with van der Waals surface area (Å²) in [7, 11) is 0. The molecule has 132 valence electrons. The van der Waals surface area contributed by atoms with Gasteiger partial charge in [0.15, 0.2) is 5.78 Å². The Kier molecular flexibility index (Phi) is 3.59. The Morgan fingerprint density at radius 3 is 2.67 bits per heavy atom. The Morgan fingerprint density at radius 1 is 1.12 bits per heavy atom. The lowest BCUT2D eigenvalue weighted by Gasteiger charge is -2.57. The highest BCUT2D eigenvalue weighted by Crippen LogP contribution is 2.65. The van der Waals surface area contributed by atoms with Crippen LogP contribution in [0.5, 0.6) is 0 Å². The molecule has 0 bridgehead atoms. The minimum Gasteiger partial charge on any atom is -0.446 e. The summed E-state index contributed by atoms with van der Waals surface area (Å²) in [4.78, 5) is 23.1. The van der Waals surface area contributed by atoms with Gasteiger partial charge in [0.25, 0.3) is 0 Å². The molecule has 4 aliphatic carbocycles. The fourth-order valence-electron chi connectivity index (χ4n) is 6.85. The smallest absolute Gasteiger partial charge is 0.404 e. The van der Waals surface area contributed by atoms with Gasteiger partial charge in [0.2, 0.25) is 0 Å². The van der Waals surface area contributed by atoms with Crippen molar-refractivity contribution in [3.05, 3.63) is 11.6 Å². The molecule has 0 aliphatic heterocycles. The molecule has 1 amide bonds. The second-order valence-corrected chi connectivity index (χ2v) is 9.02. The Morgan fingerprint density at radius 2 is 1.92 bits per heavy atom. The van der Waals surface area contributed by atoms with Gasteiger partial charge in [-0.25, -0.2) is 4.79 Å². The maximum atomic E-state index is 11.9. The highest BCUT2D eigenvalue weighted by molar-refractivity contribution is 5.91. The third-order valence-electron chi connectivity index (χ3n) is 8.13. The summed E-state index contributed by atoms with van der Waals surface area (Å²) in [6, 6.07) is 0. The number of rotatable bonds is 1. The summed E-state index contributed by atoms with van der Waals surface area (Å²) in [6.45, 7) is 4.71. The third-order valence-corrected chi connectivity index (χ3v) is 8.13. The quantitative estimate of drug-likeness (QED) is 0.790. The second-order valence-electron chi connectivity index (χ2n) is 9.02. The van der Waals surface area contributed by atoms with Crippen LogP contribution in [0.25, 0.3) is 0 Å². The summed E-state index contributed by atoms with van der Waals surface area (Å²) in [5.74, 6) is 2.31. The molecule has 4 rings (SSSR count). The molecule has 4 heteroatoms. The summed E-state index contributed by atoms with van der Waals surface area (Å²) >= 11 is 0. The van der Waals surface area contributed by atoms with Crippen LogP contribution in [0.2, 0.25) is 0 Å². The van der Waals surface area contributed by atoms with Gasteiger partial charge >= 0.3 is 6.09 Å². The second kappa shape index (κ2) is 5.34. The van der Waals surface area contributed by atoms with Crippen molar-refractivity contribution < 1.29 is 14.3 Å². The van der Waals surface area contributed by atoms with E-state index in [1.165, 1.54) is 18.4 Å². The molecule has 24 heavy (non-hydrogen) atoms. The van der Waals surface area contributed by atoms with Crippen LogP contribution in [-0.2, 0) is 9.53 Å². The normalized spacial score (nSPS) is 47.2. The zero-order valence-corrected chi connectivity index (χ0v) is 14.8. The number of primary amides is 1. The Balaban J connectivity index is 1.62. The van der Waals surface area contributed by atoms with Gasteiger partial charge < -0.3 is 10.5 Å². The Labute approximate surface area is 144 Å². The van der Waals surface area contributed by atoms with Crippen molar-refractivity contribution in [3.8, 4) is 0 Å². The number of amides is 1. The van der Waals surface area contributed by atoms with E-state index in [4.69, 9.17) is 10.5 Å². The number of carbonyl (C=O) groups is 2. The van der Waals surface area contributed by atoms with Crippen LogP contribution in [0.1, 0.15) is 65.2 Å². The highest BCUT2D eigenvalue weighted by atomic mass is 16.6. The average molecular weight is 331 g/mol. The molecule has 3 saturated carbocycles. The third kappa shape index (κ3) is 2.18. The number of hydrogen-bond acceptors (Lipinski definition) is 3. The van der Waals surface area contributed by atoms with Gasteiger partial charge in [-0.05, 0) is 74.2 Å². The largest absolute Gasteiger partial charge is 0.446 e. The van der Waals surface area contributed by atoms with Crippen molar-refractivity contribution in [2.75, 3.05) is 0 Å². The molecular formula is C20H29NO3. The first-order valence-corrected chi connectivity index (χ1v) is 9.54. The van der Waals surface area contributed by atoms with Crippen molar-refractivity contribution in [2.24, 2.45) is 34.3 Å². The van der Waals surface area contributed by atoms with E-state index in [1.807, 2.05) is 6.08 Å². The maximum Gasteiger partial charge on any atom is 0.404 e. The number of ketones is 1. The van der Waals surface area contributed by atoms with Gasteiger partial charge in [0.1, 0.15) is 6.10 Å². The van der Waals surface area contributed by atoms with Crippen LogP contribution in [0.3, 0.4) is 0 Å². The predicted molar refractivity (Wildman–Crippen MR) is 91.2 cm³/mol. The van der Waals surface area contributed by atoms with E-state index in [0.29, 0.717) is 30.0 Å². The predicted octanol–water partition coefficient (Wildman–Crippen LogP) is 3.98. The van der Waals surface area contributed by atoms with E-state index in [0.717, 1.165) is 32.1 Å². The number of hydrogen-bond donors (Lipinski definition) is 1. The Hall–Kier alpha value is -1.32. The minimum atomic E-state index is -0.629. The molecule has 0 spiro atoms. The molecule has 0 saturated heterocycles. The molecule has 0 aromatic heterocycles. The average Bonchev–Trinajstić information content (AvgIpc) is 2.84. The number of fused-ring (bicyclic) bond motifs is 5. The van der Waals surface area contributed by atoms with E-state index in [2.05, 4.69) is 13.8 Å². The van der Waals surface area contributed by atoms with Gasteiger partial charge in [-0.15, -0.1) is 0 Å². The summed E-state index contributed by atoms with van der Waals surface area (Å²) < 4.78 is 5.49. The van der Waals surface area contributed by atoms with Crippen molar-refractivity contribution >= 4 is 11.9 Å². The molecule has 2 N–H and O–H groups in total. The maximum absolute atomic E-state index is 11.9. The number of ether oxygens (including phenoxy) is 1. The molecule has 4 aliphatic rings. The molecule has 1 unspecified atom stereocenters. The molecule has 4 nitrogen and oxygen atoms in total. The Bertz CT molecular complexity index is 612. The van der Waals surface area contributed by atoms with Gasteiger partial charge in [-0.2, -0.15) is 0 Å². The molecule has 0 aromatic carbocycles. The standard InChI is InChI=1S/C20H29NO3/c1-19-9-7-13(22)11-12(19)3-4-14-15-5-6-17(24-18(21)23)20(15,2)10-8-16(14)19/h11,14-17H,3-10H2,1-2H3,(H2,21,23)/t14-,15-,16+,17?,19-,20-/m0/s1. The van der Waals surface area contributed by atoms with Crippen LogP contribution in [0, 0.1) is 28.6 Å². The van der Waals surface area contributed by atoms with E-state index in [-0.39, 0.29) is 16.9 Å². The van der Waals surface area contributed by atoms with Crippen LogP contribution < -0.4 is 5.73 Å². The zero-order valence-electron chi connectivity index (χ0n) is 14.8. The summed E-state index contributed by atoms with van der Waals surface area (Å²) in [5.41, 5.74) is 7.01. The monoisotopic (exact) mass is 331 g/mol. The topological polar surface area (TPSA) is 69.4 Å². The van der Waals surface area contributed by atoms with Crippen molar-refractivity contribution in [3.63, 3.8) is 0 Å². The molecule has 3 fully saturated rings. The lowest BCUT2D eigenvalue weighted by molar-refractivity contribution is -0.118. The van der Waals surface area contributed by atoms with Crippen LogP contribution in [0.4, 0.5) is 4.79 Å². The first kappa shape index (κ1) is 16.2. The van der Waals surface area contributed by atoms with E-state index < -0.39 is 6.09 Å². The summed E-state index contributed by atoms with van der Waals surface area (Å²) in [6.07, 6.45) is 9.67. The first-order valence-electron chi connectivity index (χ1n) is 9.54. The van der Waals surface area contributed by atoms with Crippen LogP contribution in [0.15, 0.2) is 11.6 Å². The highest BCUT2D eigenvalue weighted by Gasteiger charge is 2.59. The number of carbonyl (C=O) groups excluding carboxylic acids is 2. The SMILES string of the molecule is C[C@]12CCC(=O)C=C1CC[C@@H]1[C@H]2CC[C@]2(C)C(OC(N)=O)CC[C@@H]12. The molecule has 0 heterocycles. The minimum absolute atomic E-state index is 0.0152. The van der Waals surface area contributed by atoms with Crippen LogP contribution >= 0.6 is 0 Å². The van der Waals surface area contributed by atoms with E-state index >= 15 is 0 Å². The number of nitrogens with two attached hydrogens (primary N) is 1. The first-order chi connectivity index (χ1) is 11.3. The van der Waals surface area contributed by atoms with Crippen LogP contribution in [-0.4, -0.2) is 18.0 Å². The fourth-order valence-corrected chi connectivity index (χ4v) is 6.85. The van der Waals surface area contributed by atoms with Crippen molar-refractivity contribution in [1.29, 1.82) is 0 Å². The van der Waals surface area contributed by atoms with E-state index in [9.17, 15) is 9.59 Å². The van der Waals surface area contributed by atoms with Gasteiger partial charge in [-0.3, -0.25) is 4.79 Å². The van der Waals surface area contributed by atoms with E-state index in [1.54, 1.807) is 0 Å². The van der Waals surface area contributed by atoms with Gasteiger partial charge in [-0.1, -0.05) is 19.4 Å². The van der Waals surface area contributed by atoms with Crippen molar-refractivity contribution in [1.82, 2.24) is 0 Å². The van der Waals surface area contributed by atoms with Crippen molar-refractivity contribution in [2.45, 2.75) is 71.3 Å². The molecular weight excluding hydrogens is 302 g/mol. The fraction of sp³-hybridized carbons (Fsp3) is 0.800. The zero-order chi connectivity index (χ0) is 17.1. The lowest BCUT2D eigenvalue weighted by atomic mass is 9.47. The molecule has 6 atom stereocenters. The summed E-state index contributed by atoms with van der Waals surface area (Å²) in [5, 5.41) is 0. The lowest BCUT2D eigenvalue weighted by Crippen LogP contribution is -2.51. The molecule has 0 radical (unpaired) electrons. The molecule has 0 aromatic rings.